The van der Waals surface area contributed by atoms with Crippen molar-refractivity contribution in [2.45, 2.75) is 6.92 Å². The van der Waals surface area contributed by atoms with Gasteiger partial charge in [-0.2, -0.15) is 0 Å². The fraction of sp³-hybridized carbons (Fsp3) is 0.0909. The number of hydrogen-bond donors (Lipinski definition) is 2. The van der Waals surface area contributed by atoms with Crippen LogP contribution in [0.5, 0.6) is 5.75 Å². The third-order valence-corrected chi connectivity index (χ3v) is 4.15. The van der Waals surface area contributed by atoms with Crippen molar-refractivity contribution in [3.63, 3.8) is 0 Å². The van der Waals surface area contributed by atoms with Crippen molar-refractivity contribution in [3.8, 4) is 5.75 Å². The van der Waals surface area contributed by atoms with Gasteiger partial charge in [-0.05, 0) is 73.7 Å². The Balaban J connectivity index is 1.60. The van der Waals surface area contributed by atoms with E-state index in [0.29, 0.717) is 34.1 Å². The second-order valence-corrected chi connectivity index (χ2v) is 6.39. The van der Waals surface area contributed by atoms with E-state index in [2.05, 4.69) is 10.6 Å². The molecule has 0 bridgehead atoms. The fourth-order valence-electron chi connectivity index (χ4n) is 2.54. The average molecular weight is 395 g/mol. The maximum absolute atomic E-state index is 12.3. The summed E-state index contributed by atoms with van der Waals surface area (Å²) in [5, 5.41) is 6.11. The number of amides is 2. The van der Waals surface area contributed by atoms with E-state index in [1.165, 1.54) is 0 Å². The molecule has 0 fully saturated rings. The van der Waals surface area contributed by atoms with Gasteiger partial charge < -0.3 is 15.4 Å². The monoisotopic (exact) mass is 394 g/mol. The van der Waals surface area contributed by atoms with Crippen molar-refractivity contribution in [3.05, 3.63) is 88.9 Å². The molecule has 0 radical (unpaired) electrons. The molecule has 3 aromatic rings. The zero-order valence-corrected chi connectivity index (χ0v) is 16.0. The van der Waals surface area contributed by atoms with Gasteiger partial charge in [0.25, 0.3) is 11.8 Å². The molecule has 0 spiro atoms. The maximum Gasteiger partial charge on any atom is 0.255 e. The predicted molar refractivity (Wildman–Crippen MR) is 111 cm³/mol. The Hall–Kier alpha value is -3.31. The normalized spacial score (nSPS) is 10.2. The van der Waals surface area contributed by atoms with Gasteiger partial charge in [0.1, 0.15) is 5.75 Å². The summed E-state index contributed by atoms with van der Waals surface area (Å²) in [6.07, 6.45) is 0. The fourth-order valence-corrected chi connectivity index (χ4v) is 2.73. The smallest absolute Gasteiger partial charge is 0.255 e. The summed E-state index contributed by atoms with van der Waals surface area (Å²) in [5.74, 6) is 0.242. The Kier molecular flexibility index (Phi) is 6.29. The van der Waals surface area contributed by atoms with E-state index in [1.807, 2.05) is 6.92 Å². The number of anilines is 2. The van der Waals surface area contributed by atoms with Gasteiger partial charge in [0, 0.05) is 27.5 Å². The summed E-state index contributed by atoms with van der Waals surface area (Å²) in [6, 6.07) is 20.5. The van der Waals surface area contributed by atoms with Crippen LogP contribution in [-0.2, 0) is 0 Å². The van der Waals surface area contributed by atoms with Crippen LogP contribution in [0.15, 0.2) is 72.8 Å². The number of halogens is 1. The van der Waals surface area contributed by atoms with Gasteiger partial charge in [-0.3, -0.25) is 9.59 Å². The molecule has 0 saturated carbocycles. The number of carbonyl (C=O) groups is 2. The van der Waals surface area contributed by atoms with Crippen LogP contribution in [0.25, 0.3) is 0 Å². The van der Waals surface area contributed by atoms with Crippen LogP contribution in [0.2, 0.25) is 5.02 Å². The first-order chi connectivity index (χ1) is 13.5. The minimum atomic E-state index is -0.256. The van der Waals surface area contributed by atoms with E-state index >= 15 is 0 Å². The van der Waals surface area contributed by atoms with Gasteiger partial charge in [-0.25, -0.2) is 0 Å². The molecule has 0 aliphatic carbocycles. The van der Waals surface area contributed by atoms with Gasteiger partial charge in [0.15, 0.2) is 0 Å². The van der Waals surface area contributed by atoms with Gasteiger partial charge in [0.2, 0.25) is 0 Å². The van der Waals surface area contributed by atoms with Crippen molar-refractivity contribution in [2.24, 2.45) is 0 Å². The molecule has 28 heavy (non-hydrogen) atoms. The van der Waals surface area contributed by atoms with Crippen molar-refractivity contribution in [1.29, 1.82) is 0 Å². The molecule has 0 unspecified atom stereocenters. The number of hydrogen-bond acceptors (Lipinski definition) is 3. The highest BCUT2D eigenvalue weighted by Crippen LogP contribution is 2.18. The zero-order chi connectivity index (χ0) is 19.9. The standard InChI is InChI=1S/C22H19ClN2O3/c1-2-28-20-12-6-15(7-13-20)21(26)24-18-8-10-19(11-9-18)25-22(27)16-4-3-5-17(23)14-16/h3-14H,2H2,1H3,(H,24,26)(H,25,27). The second kappa shape index (κ2) is 9.06. The van der Waals surface area contributed by atoms with Crippen molar-refractivity contribution in [1.82, 2.24) is 0 Å². The number of rotatable bonds is 6. The molecule has 0 saturated heterocycles. The van der Waals surface area contributed by atoms with E-state index in [9.17, 15) is 9.59 Å². The van der Waals surface area contributed by atoms with Crippen LogP contribution >= 0.6 is 11.6 Å². The van der Waals surface area contributed by atoms with Gasteiger partial charge in [0.05, 0.1) is 6.61 Å². The summed E-state index contributed by atoms with van der Waals surface area (Å²) in [7, 11) is 0. The lowest BCUT2D eigenvalue weighted by atomic mass is 10.2. The van der Waals surface area contributed by atoms with Crippen molar-refractivity contribution < 1.29 is 14.3 Å². The Bertz CT molecular complexity index is 970. The molecule has 2 amide bonds. The molecule has 0 aromatic heterocycles. The molecular weight excluding hydrogens is 376 g/mol. The summed E-state index contributed by atoms with van der Waals surface area (Å²) in [6.45, 7) is 2.48. The van der Waals surface area contributed by atoms with E-state index in [4.69, 9.17) is 16.3 Å². The summed E-state index contributed by atoms with van der Waals surface area (Å²) in [4.78, 5) is 24.6. The molecule has 0 atom stereocenters. The van der Waals surface area contributed by atoms with E-state index < -0.39 is 0 Å². The van der Waals surface area contributed by atoms with E-state index in [1.54, 1.807) is 72.8 Å². The number of benzene rings is 3. The number of carbonyl (C=O) groups excluding carboxylic acids is 2. The minimum Gasteiger partial charge on any atom is -0.494 e. The number of ether oxygens (including phenoxy) is 1. The first kappa shape index (κ1) is 19.5. The molecular formula is C22H19ClN2O3. The molecule has 0 aliphatic rings. The van der Waals surface area contributed by atoms with E-state index in [0.717, 1.165) is 5.75 Å². The van der Waals surface area contributed by atoms with Gasteiger partial charge in [-0.1, -0.05) is 17.7 Å². The Morgan fingerprint density at radius 3 is 1.93 bits per heavy atom. The van der Waals surface area contributed by atoms with Crippen LogP contribution in [-0.4, -0.2) is 18.4 Å². The van der Waals surface area contributed by atoms with E-state index in [-0.39, 0.29) is 11.8 Å². The predicted octanol–water partition coefficient (Wildman–Crippen LogP) is 5.24. The molecule has 0 heterocycles. The van der Waals surface area contributed by atoms with Crippen LogP contribution in [0.4, 0.5) is 11.4 Å². The lowest BCUT2D eigenvalue weighted by Gasteiger charge is -2.09. The molecule has 3 aromatic carbocycles. The van der Waals surface area contributed by atoms with Crippen molar-refractivity contribution >= 4 is 34.8 Å². The maximum atomic E-state index is 12.3. The van der Waals surface area contributed by atoms with Gasteiger partial charge >= 0.3 is 0 Å². The highest BCUT2D eigenvalue weighted by molar-refractivity contribution is 6.31. The lowest BCUT2D eigenvalue weighted by molar-refractivity contribution is 0.101. The molecule has 5 nitrogen and oxygen atoms in total. The average Bonchev–Trinajstić information content (AvgIpc) is 2.70. The van der Waals surface area contributed by atoms with Gasteiger partial charge in [-0.15, -0.1) is 0 Å². The Morgan fingerprint density at radius 1 is 0.821 bits per heavy atom. The highest BCUT2D eigenvalue weighted by Gasteiger charge is 2.08. The highest BCUT2D eigenvalue weighted by atomic mass is 35.5. The van der Waals surface area contributed by atoms with Crippen molar-refractivity contribution in [2.75, 3.05) is 17.2 Å². The quantitative estimate of drug-likeness (QED) is 0.600. The SMILES string of the molecule is CCOc1ccc(C(=O)Nc2ccc(NC(=O)c3cccc(Cl)c3)cc2)cc1. The van der Waals surface area contributed by atoms with Crippen LogP contribution < -0.4 is 15.4 Å². The van der Waals surface area contributed by atoms with Crippen LogP contribution in [0, 0.1) is 0 Å². The Labute approximate surface area is 168 Å². The molecule has 0 aliphatic heterocycles. The Morgan fingerprint density at radius 2 is 1.39 bits per heavy atom. The summed E-state index contributed by atoms with van der Waals surface area (Å²) < 4.78 is 5.37. The molecule has 3 rings (SSSR count). The molecule has 2 N–H and O–H groups in total. The third-order valence-electron chi connectivity index (χ3n) is 3.91. The van der Waals surface area contributed by atoms with Crippen LogP contribution in [0.1, 0.15) is 27.6 Å². The largest absolute Gasteiger partial charge is 0.494 e. The molecule has 142 valence electrons. The molecule has 6 heteroatoms. The minimum absolute atomic E-state index is 0.223. The topological polar surface area (TPSA) is 67.4 Å². The second-order valence-electron chi connectivity index (χ2n) is 5.95. The lowest BCUT2D eigenvalue weighted by Crippen LogP contribution is -2.13. The first-order valence-corrected chi connectivity index (χ1v) is 9.14. The zero-order valence-electron chi connectivity index (χ0n) is 15.2. The first-order valence-electron chi connectivity index (χ1n) is 8.76. The third kappa shape index (κ3) is 5.11. The summed E-state index contributed by atoms with van der Waals surface area (Å²) in [5.41, 5.74) is 2.24. The number of nitrogens with one attached hydrogen (secondary N) is 2. The summed E-state index contributed by atoms with van der Waals surface area (Å²) >= 11 is 5.91. The van der Waals surface area contributed by atoms with Crippen LogP contribution in [0.3, 0.4) is 0 Å².